The van der Waals surface area contributed by atoms with Gasteiger partial charge in [-0.2, -0.15) is 4.57 Å². The Morgan fingerprint density at radius 3 is 2.65 bits per heavy atom. The number of imidazole rings is 1. The minimum absolute atomic E-state index is 0.863. The lowest BCUT2D eigenvalue weighted by Crippen LogP contribution is -2.23. The Morgan fingerprint density at radius 1 is 1.00 bits per heavy atom. The number of benzene rings is 1. The van der Waals surface area contributed by atoms with Crippen molar-refractivity contribution in [3.05, 3.63) is 60.7 Å². The van der Waals surface area contributed by atoms with Gasteiger partial charge >= 0.3 is 0 Å². The van der Waals surface area contributed by atoms with Crippen molar-refractivity contribution in [2.24, 2.45) is 0 Å². The van der Waals surface area contributed by atoms with Crippen LogP contribution in [-0.2, 0) is 0 Å². The van der Waals surface area contributed by atoms with E-state index in [4.69, 9.17) is 0 Å². The summed E-state index contributed by atoms with van der Waals surface area (Å²) in [6.45, 7) is 0. The highest BCUT2D eigenvalue weighted by Gasteiger charge is 1.99. The molecule has 1 N–H and O–H groups in total. The molecule has 0 aliphatic heterocycles. The molecule has 3 rings (SSSR count). The van der Waals surface area contributed by atoms with Crippen LogP contribution in [0.1, 0.15) is 5.82 Å². The standard InChI is InChI=1S/C14H12N3/c1-4-9-17(10-5-1)11-8-14-15-12-6-2-3-7-13(12)16-14/h1-11H,(H,15,16)/q+1/b11-8+. The number of aromatic amines is 1. The van der Waals surface area contributed by atoms with Gasteiger partial charge in [-0.3, -0.25) is 0 Å². The number of hydrogen-bond donors (Lipinski definition) is 1. The molecule has 0 saturated carbocycles. The van der Waals surface area contributed by atoms with Crippen molar-refractivity contribution in [3.63, 3.8) is 0 Å². The Hall–Kier alpha value is -2.42. The number of rotatable bonds is 2. The van der Waals surface area contributed by atoms with Crippen LogP contribution in [0.3, 0.4) is 0 Å². The van der Waals surface area contributed by atoms with Crippen molar-refractivity contribution in [1.29, 1.82) is 0 Å². The molecule has 3 heteroatoms. The molecule has 0 atom stereocenters. The molecule has 1 aromatic carbocycles. The molecule has 3 aromatic rings. The number of para-hydroxylation sites is 2. The Morgan fingerprint density at radius 2 is 1.82 bits per heavy atom. The summed E-state index contributed by atoms with van der Waals surface area (Å²) in [5.74, 6) is 0.863. The smallest absolute Gasteiger partial charge is 0.178 e. The predicted octanol–water partition coefficient (Wildman–Crippen LogP) is 2.48. The highest BCUT2D eigenvalue weighted by atomic mass is 14.9. The van der Waals surface area contributed by atoms with Crippen LogP contribution >= 0.6 is 0 Å². The number of pyridine rings is 1. The van der Waals surface area contributed by atoms with Gasteiger partial charge in [-0.15, -0.1) is 0 Å². The molecule has 0 aliphatic rings. The maximum atomic E-state index is 4.47. The Bertz CT molecular complexity index is 620. The monoisotopic (exact) mass is 222 g/mol. The van der Waals surface area contributed by atoms with Crippen molar-refractivity contribution < 1.29 is 4.57 Å². The number of nitrogens with zero attached hydrogens (tertiary/aromatic N) is 2. The van der Waals surface area contributed by atoms with Gasteiger partial charge in [0.15, 0.2) is 18.6 Å². The maximum Gasteiger partial charge on any atom is 0.178 e. The van der Waals surface area contributed by atoms with E-state index in [-0.39, 0.29) is 0 Å². The molecule has 0 aliphatic carbocycles. The van der Waals surface area contributed by atoms with E-state index in [2.05, 4.69) is 9.97 Å². The largest absolute Gasteiger partial charge is 0.338 e. The molecule has 0 unspecified atom stereocenters. The summed E-state index contributed by atoms with van der Waals surface area (Å²) >= 11 is 0. The summed E-state index contributed by atoms with van der Waals surface area (Å²) in [7, 11) is 0. The maximum absolute atomic E-state index is 4.47. The van der Waals surface area contributed by atoms with E-state index in [0.29, 0.717) is 0 Å². The first kappa shape index (κ1) is 9.78. The highest BCUT2D eigenvalue weighted by molar-refractivity contribution is 5.77. The quantitative estimate of drug-likeness (QED) is 0.664. The lowest BCUT2D eigenvalue weighted by atomic mass is 10.3. The van der Waals surface area contributed by atoms with E-state index in [9.17, 15) is 0 Å². The molecule has 2 heterocycles. The summed E-state index contributed by atoms with van der Waals surface area (Å²) in [6, 6.07) is 14.0. The topological polar surface area (TPSA) is 32.6 Å². The van der Waals surface area contributed by atoms with Gasteiger partial charge in [-0.05, 0) is 12.1 Å². The molecule has 82 valence electrons. The first-order chi connectivity index (χ1) is 8.42. The molecule has 17 heavy (non-hydrogen) atoms. The summed E-state index contributed by atoms with van der Waals surface area (Å²) in [6.07, 6.45) is 7.90. The number of H-pyrrole nitrogens is 1. The van der Waals surface area contributed by atoms with Gasteiger partial charge in [-0.25, -0.2) is 4.98 Å². The van der Waals surface area contributed by atoms with Gasteiger partial charge in [0.1, 0.15) is 5.82 Å². The SMILES string of the molecule is C(=C\[n+]1ccccc1)/c1nc2ccccc2[nH]1. The molecule has 0 amide bonds. The van der Waals surface area contributed by atoms with Crippen LogP contribution in [0.4, 0.5) is 0 Å². The predicted molar refractivity (Wildman–Crippen MR) is 68.0 cm³/mol. The van der Waals surface area contributed by atoms with Crippen molar-refractivity contribution in [1.82, 2.24) is 9.97 Å². The second-order valence-electron chi connectivity index (χ2n) is 3.78. The first-order valence-corrected chi connectivity index (χ1v) is 5.50. The van der Waals surface area contributed by atoms with Crippen LogP contribution < -0.4 is 4.57 Å². The third-order valence-electron chi connectivity index (χ3n) is 2.55. The molecule has 2 aromatic heterocycles. The average Bonchev–Trinajstić information content (AvgIpc) is 2.80. The van der Waals surface area contributed by atoms with Crippen molar-refractivity contribution in [3.8, 4) is 0 Å². The van der Waals surface area contributed by atoms with Gasteiger partial charge < -0.3 is 4.98 Å². The number of fused-ring (bicyclic) bond motifs is 1. The zero-order valence-corrected chi connectivity index (χ0v) is 9.25. The third kappa shape index (κ3) is 2.08. The van der Waals surface area contributed by atoms with E-state index in [1.807, 2.05) is 71.7 Å². The van der Waals surface area contributed by atoms with E-state index in [1.54, 1.807) is 0 Å². The molecule has 3 nitrogen and oxygen atoms in total. The molecular weight excluding hydrogens is 210 g/mol. The second kappa shape index (κ2) is 4.22. The van der Waals surface area contributed by atoms with Crippen LogP contribution in [0.25, 0.3) is 23.3 Å². The fourth-order valence-electron chi connectivity index (χ4n) is 1.72. The molecule has 0 fully saturated rings. The van der Waals surface area contributed by atoms with Gasteiger partial charge in [-0.1, -0.05) is 18.2 Å². The Balaban J connectivity index is 1.92. The summed E-state index contributed by atoms with van der Waals surface area (Å²) in [4.78, 5) is 7.73. The summed E-state index contributed by atoms with van der Waals surface area (Å²) < 4.78 is 1.98. The molecular formula is C14H12N3+. The average molecular weight is 222 g/mol. The molecule has 0 saturated heterocycles. The number of aromatic nitrogens is 3. The zero-order chi connectivity index (χ0) is 11.5. The number of nitrogens with one attached hydrogen (secondary N) is 1. The summed E-state index contributed by atoms with van der Waals surface area (Å²) in [5.41, 5.74) is 2.05. The van der Waals surface area contributed by atoms with Gasteiger partial charge in [0.25, 0.3) is 0 Å². The fourth-order valence-corrected chi connectivity index (χ4v) is 1.72. The van der Waals surface area contributed by atoms with Crippen LogP contribution in [0, 0.1) is 0 Å². The van der Waals surface area contributed by atoms with Gasteiger partial charge in [0.2, 0.25) is 0 Å². The van der Waals surface area contributed by atoms with Crippen molar-refractivity contribution in [2.45, 2.75) is 0 Å². The van der Waals surface area contributed by atoms with E-state index in [1.165, 1.54) is 0 Å². The van der Waals surface area contributed by atoms with Gasteiger partial charge in [0, 0.05) is 18.2 Å². The first-order valence-electron chi connectivity index (χ1n) is 5.50. The minimum Gasteiger partial charge on any atom is -0.338 e. The van der Waals surface area contributed by atoms with Crippen LogP contribution in [0.15, 0.2) is 54.9 Å². The van der Waals surface area contributed by atoms with Crippen LogP contribution in [-0.4, -0.2) is 9.97 Å². The van der Waals surface area contributed by atoms with Gasteiger partial charge in [0.05, 0.1) is 11.0 Å². The van der Waals surface area contributed by atoms with E-state index in [0.717, 1.165) is 16.9 Å². The molecule has 0 radical (unpaired) electrons. The number of hydrogen-bond acceptors (Lipinski definition) is 1. The van der Waals surface area contributed by atoms with E-state index < -0.39 is 0 Å². The Labute approximate surface area is 99.1 Å². The third-order valence-corrected chi connectivity index (χ3v) is 2.55. The molecule has 0 spiro atoms. The highest BCUT2D eigenvalue weighted by Crippen LogP contribution is 2.10. The summed E-state index contributed by atoms with van der Waals surface area (Å²) in [5, 5.41) is 0. The lowest BCUT2D eigenvalue weighted by molar-refractivity contribution is -0.567. The van der Waals surface area contributed by atoms with Crippen LogP contribution in [0.5, 0.6) is 0 Å². The van der Waals surface area contributed by atoms with Crippen molar-refractivity contribution >= 4 is 23.3 Å². The fraction of sp³-hybridized carbons (Fsp3) is 0. The zero-order valence-electron chi connectivity index (χ0n) is 9.25. The Kier molecular flexibility index (Phi) is 2.43. The minimum atomic E-state index is 0.863. The second-order valence-corrected chi connectivity index (χ2v) is 3.78. The lowest BCUT2D eigenvalue weighted by Gasteiger charge is -1.84. The van der Waals surface area contributed by atoms with Crippen LogP contribution in [0.2, 0.25) is 0 Å². The van der Waals surface area contributed by atoms with E-state index >= 15 is 0 Å². The van der Waals surface area contributed by atoms with Crippen molar-refractivity contribution in [2.75, 3.05) is 0 Å². The molecule has 0 bridgehead atoms. The normalized spacial score (nSPS) is 11.3.